The topological polar surface area (TPSA) is 62.2 Å². The van der Waals surface area contributed by atoms with Crippen molar-refractivity contribution in [1.82, 2.24) is 9.97 Å². The van der Waals surface area contributed by atoms with Crippen LogP contribution in [0.15, 0.2) is 65.8 Å². The number of hydrogen-bond donors (Lipinski definition) is 2. The van der Waals surface area contributed by atoms with Crippen LogP contribution in [0, 0.1) is 6.92 Å². The summed E-state index contributed by atoms with van der Waals surface area (Å²) in [5.41, 5.74) is 7.99. The van der Waals surface area contributed by atoms with Crippen molar-refractivity contribution < 1.29 is 0 Å². The largest absolute Gasteiger partial charge is 0.388 e. The number of nitrogens with one attached hydrogen (secondary N) is 2. The van der Waals surface area contributed by atoms with E-state index in [0.29, 0.717) is 11.6 Å². The maximum atomic E-state index is 4.50. The van der Waals surface area contributed by atoms with Gasteiger partial charge in [0, 0.05) is 24.4 Å². The molecule has 5 nitrogen and oxygen atoms in total. The van der Waals surface area contributed by atoms with Crippen LogP contribution in [0.5, 0.6) is 0 Å². The molecular weight excluding hydrogens is 310 g/mol. The van der Waals surface area contributed by atoms with Gasteiger partial charge in [-0.05, 0) is 31.5 Å². The Kier molecular flexibility index (Phi) is 5.04. The van der Waals surface area contributed by atoms with Gasteiger partial charge in [0.1, 0.15) is 11.6 Å². The lowest BCUT2D eigenvalue weighted by atomic mass is 10.1. The molecule has 0 fully saturated rings. The van der Waals surface area contributed by atoms with Crippen molar-refractivity contribution in [2.75, 3.05) is 17.8 Å². The lowest BCUT2D eigenvalue weighted by Crippen LogP contribution is -2.03. The molecule has 0 saturated heterocycles. The second-order valence-electron chi connectivity index (χ2n) is 5.69. The molecule has 1 aromatic heterocycles. The highest BCUT2D eigenvalue weighted by molar-refractivity contribution is 5.99. The molecule has 0 aliphatic heterocycles. The molecule has 0 unspecified atom stereocenters. The quantitative estimate of drug-likeness (QED) is 0.539. The van der Waals surface area contributed by atoms with Gasteiger partial charge in [-0.2, -0.15) is 5.10 Å². The number of rotatable bonds is 5. The Morgan fingerprint density at radius 1 is 0.960 bits per heavy atom. The van der Waals surface area contributed by atoms with E-state index in [2.05, 4.69) is 25.8 Å². The molecule has 0 radical (unpaired) electrons. The average molecular weight is 331 g/mol. The third kappa shape index (κ3) is 4.20. The average Bonchev–Trinajstić information content (AvgIpc) is 2.66. The zero-order valence-electron chi connectivity index (χ0n) is 14.6. The zero-order chi connectivity index (χ0) is 17.6. The fraction of sp³-hybridized carbons (Fsp3) is 0.150. The summed E-state index contributed by atoms with van der Waals surface area (Å²) in [6.07, 6.45) is 0. The minimum Gasteiger partial charge on any atom is -0.388 e. The van der Waals surface area contributed by atoms with E-state index in [-0.39, 0.29) is 0 Å². The Bertz CT molecular complexity index is 870. The highest BCUT2D eigenvalue weighted by Crippen LogP contribution is 2.19. The van der Waals surface area contributed by atoms with Crippen LogP contribution in [-0.4, -0.2) is 22.7 Å². The number of hydrazone groups is 1. The summed E-state index contributed by atoms with van der Waals surface area (Å²) >= 11 is 0. The fourth-order valence-corrected chi connectivity index (χ4v) is 2.47. The summed E-state index contributed by atoms with van der Waals surface area (Å²) < 4.78 is 0. The van der Waals surface area contributed by atoms with E-state index in [1.807, 2.05) is 81.6 Å². The molecule has 0 aliphatic carbocycles. The van der Waals surface area contributed by atoms with Gasteiger partial charge in [-0.25, -0.2) is 9.97 Å². The highest BCUT2D eigenvalue weighted by Gasteiger charge is 2.04. The van der Waals surface area contributed by atoms with Crippen molar-refractivity contribution in [2.24, 2.45) is 5.10 Å². The van der Waals surface area contributed by atoms with Gasteiger partial charge in [0.15, 0.2) is 0 Å². The van der Waals surface area contributed by atoms with E-state index < -0.39 is 0 Å². The number of nitrogens with zero attached hydrogens (tertiary/aromatic N) is 3. The second-order valence-corrected chi connectivity index (χ2v) is 5.69. The van der Waals surface area contributed by atoms with E-state index in [1.54, 1.807) is 0 Å². The van der Waals surface area contributed by atoms with Crippen molar-refractivity contribution in [3.8, 4) is 11.3 Å². The highest BCUT2D eigenvalue weighted by atomic mass is 15.3. The van der Waals surface area contributed by atoms with E-state index in [9.17, 15) is 0 Å². The van der Waals surface area contributed by atoms with Crippen LogP contribution in [0.3, 0.4) is 0 Å². The van der Waals surface area contributed by atoms with Gasteiger partial charge in [-0.15, -0.1) is 0 Å². The third-order valence-corrected chi connectivity index (χ3v) is 3.84. The Labute approximate surface area is 147 Å². The van der Waals surface area contributed by atoms with E-state index in [4.69, 9.17) is 0 Å². The molecule has 25 heavy (non-hydrogen) atoms. The number of aryl methyl sites for hydroxylation is 1. The molecule has 5 heteroatoms. The molecule has 3 aromatic rings. The van der Waals surface area contributed by atoms with Gasteiger partial charge in [0.25, 0.3) is 0 Å². The molecule has 1 heterocycles. The maximum absolute atomic E-state index is 4.50. The lowest BCUT2D eigenvalue weighted by Gasteiger charge is -2.07. The molecule has 0 aliphatic rings. The van der Waals surface area contributed by atoms with Crippen molar-refractivity contribution in [3.63, 3.8) is 0 Å². The summed E-state index contributed by atoms with van der Waals surface area (Å²) in [6.45, 7) is 3.85. The van der Waals surface area contributed by atoms with Crippen LogP contribution in [0.2, 0.25) is 0 Å². The van der Waals surface area contributed by atoms with Crippen molar-refractivity contribution in [1.29, 1.82) is 0 Å². The number of hydrogen-bond acceptors (Lipinski definition) is 5. The monoisotopic (exact) mass is 331 g/mol. The van der Waals surface area contributed by atoms with Crippen molar-refractivity contribution in [3.05, 3.63) is 72.1 Å². The van der Waals surface area contributed by atoms with Crippen LogP contribution in [0.4, 0.5) is 11.5 Å². The summed E-state index contributed by atoms with van der Waals surface area (Å²) in [7, 11) is 1.90. The van der Waals surface area contributed by atoms with Crippen molar-refractivity contribution in [2.45, 2.75) is 13.8 Å². The molecule has 0 saturated carbocycles. The molecule has 3 rings (SSSR count). The normalized spacial score (nSPS) is 11.2. The SMILES string of the molecule is CNc1ccc(/C(C)=N/Nc2cc(-c3ccccc3)nc(C)n2)cc1. The molecule has 2 N–H and O–H groups in total. The summed E-state index contributed by atoms with van der Waals surface area (Å²) in [5, 5.41) is 7.56. The number of anilines is 2. The zero-order valence-corrected chi connectivity index (χ0v) is 14.6. The van der Waals surface area contributed by atoms with Gasteiger partial charge >= 0.3 is 0 Å². The first-order valence-corrected chi connectivity index (χ1v) is 8.15. The van der Waals surface area contributed by atoms with Crippen LogP contribution in [-0.2, 0) is 0 Å². The van der Waals surface area contributed by atoms with E-state index in [1.165, 1.54) is 0 Å². The first kappa shape index (κ1) is 16.6. The summed E-state index contributed by atoms with van der Waals surface area (Å²) in [4.78, 5) is 8.91. The van der Waals surface area contributed by atoms with Gasteiger partial charge in [0.2, 0.25) is 0 Å². The molecular formula is C20H21N5. The minimum atomic E-state index is 0.678. The molecule has 0 spiro atoms. The Balaban J connectivity index is 1.81. The predicted molar refractivity (Wildman–Crippen MR) is 104 cm³/mol. The number of benzene rings is 2. The van der Waals surface area contributed by atoms with Crippen LogP contribution in [0.1, 0.15) is 18.3 Å². The second kappa shape index (κ2) is 7.57. The van der Waals surface area contributed by atoms with E-state index >= 15 is 0 Å². The van der Waals surface area contributed by atoms with E-state index in [0.717, 1.165) is 28.2 Å². The van der Waals surface area contributed by atoms with Crippen LogP contribution < -0.4 is 10.7 Å². The third-order valence-electron chi connectivity index (χ3n) is 3.84. The Morgan fingerprint density at radius 2 is 1.68 bits per heavy atom. The Morgan fingerprint density at radius 3 is 2.36 bits per heavy atom. The molecule has 0 atom stereocenters. The smallest absolute Gasteiger partial charge is 0.150 e. The molecule has 2 aromatic carbocycles. The summed E-state index contributed by atoms with van der Waals surface area (Å²) in [5.74, 6) is 1.38. The fourth-order valence-electron chi connectivity index (χ4n) is 2.47. The Hall–Kier alpha value is -3.21. The van der Waals surface area contributed by atoms with Gasteiger partial charge < -0.3 is 5.32 Å². The minimum absolute atomic E-state index is 0.678. The number of aromatic nitrogens is 2. The molecule has 0 bridgehead atoms. The maximum Gasteiger partial charge on any atom is 0.150 e. The van der Waals surface area contributed by atoms with Crippen LogP contribution >= 0.6 is 0 Å². The van der Waals surface area contributed by atoms with Crippen molar-refractivity contribution >= 4 is 17.2 Å². The molecule has 126 valence electrons. The van der Waals surface area contributed by atoms with Gasteiger partial charge in [-0.3, -0.25) is 5.43 Å². The summed E-state index contributed by atoms with van der Waals surface area (Å²) in [6, 6.07) is 20.1. The van der Waals surface area contributed by atoms with Gasteiger partial charge in [-0.1, -0.05) is 42.5 Å². The van der Waals surface area contributed by atoms with Crippen LogP contribution in [0.25, 0.3) is 11.3 Å². The molecule has 0 amide bonds. The first-order valence-electron chi connectivity index (χ1n) is 8.15. The first-order chi connectivity index (χ1) is 12.2. The van der Waals surface area contributed by atoms with Gasteiger partial charge in [0.05, 0.1) is 11.4 Å². The predicted octanol–water partition coefficient (Wildman–Crippen LogP) is 4.33. The lowest BCUT2D eigenvalue weighted by molar-refractivity contribution is 1.05. The standard InChI is InChI=1S/C20H21N5/c1-14(16-9-11-18(21-3)12-10-16)24-25-20-13-19(22-15(2)23-20)17-7-5-4-6-8-17/h4-13,21H,1-3H3,(H,22,23,25)/b24-14+.